The molecule has 0 N–H and O–H groups in total. The Morgan fingerprint density at radius 2 is 2.21 bits per heavy atom. The third kappa shape index (κ3) is 1.40. The van der Waals surface area contributed by atoms with E-state index < -0.39 is 0 Å². The number of rotatable bonds is 2. The van der Waals surface area contributed by atoms with Gasteiger partial charge in [-0.05, 0) is 31.0 Å². The monoisotopic (exact) mass is 331 g/mol. The molecule has 6 unspecified atom stereocenters. The quantitative estimate of drug-likeness (QED) is 0.765. The first kappa shape index (κ1) is 13.8. The van der Waals surface area contributed by atoms with Crippen molar-refractivity contribution >= 4 is 0 Å². The number of benzene rings is 1. The Balaban J connectivity index is 1.57. The lowest BCUT2D eigenvalue weighted by Crippen LogP contribution is -2.56. The molecule has 0 spiro atoms. The molecule has 6 heteroatoms. The summed E-state index contributed by atoms with van der Waals surface area (Å²) in [6.45, 7) is 2.26. The molecule has 6 rings (SSSR count). The van der Waals surface area contributed by atoms with Crippen molar-refractivity contribution in [3.63, 3.8) is 0 Å². The maximum atomic E-state index is 6.16. The first-order valence-electron chi connectivity index (χ1n) is 8.70. The predicted molar refractivity (Wildman–Crippen MR) is 83.7 cm³/mol. The van der Waals surface area contributed by atoms with Gasteiger partial charge in [0.25, 0.3) is 0 Å². The van der Waals surface area contributed by atoms with Gasteiger partial charge in [-0.15, -0.1) is 0 Å². The molecule has 4 aliphatic heterocycles. The third-order valence-corrected chi connectivity index (χ3v) is 6.80. The van der Waals surface area contributed by atoms with E-state index in [2.05, 4.69) is 11.0 Å². The van der Waals surface area contributed by atoms with Crippen LogP contribution in [-0.4, -0.2) is 56.8 Å². The molecule has 4 heterocycles. The molecular weight excluding hydrogens is 310 g/mol. The molecule has 3 fully saturated rings. The predicted octanol–water partition coefficient (Wildman–Crippen LogP) is 1.44. The fourth-order valence-corrected chi connectivity index (χ4v) is 5.77. The summed E-state index contributed by atoms with van der Waals surface area (Å²) in [6, 6.07) is 2.67. The number of epoxide rings is 1. The van der Waals surface area contributed by atoms with E-state index >= 15 is 0 Å². The molecule has 2 saturated heterocycles. The van der Waals surface area contributed by atoms with Crippen molar-refractivity contribution in [1.29, 1.82) is 0 Å². The average Bonchev–Trinajstić information content (AvgIpc) is 3.20. The highest BCUT2D eigenvalue weighted by atomic mass is 16.7. The van der Waals surface area contributed by atoms with E-state index in [1.807, 2.05) is 0 Å². The second-order valence-electron chi connectivity index (χ2n) is 7.48. The smallest absolute Gasteiger partial charge is 0.231 e. The minimum absolute atomic E-state index is 0.0432. The van der Waals surface area contributed by atoms with Gasteiger partial charge in [0.05, 0.1) is 19.3 Å². The fraction of sp³-hybridized carbons (Fsp3) is 0.667. The molecule has 5 aliphatic rings. The van der Waals surface area contributed by atoms with Gasteiger partial charge < -0.3 is 23.7 Å². The molecule has 6 nitrogen and oxygen atoms in total. The molecule has 128 valence electrons. The Morgan fingerprint density at radius 1 is 1.29 bits per heavy atom. The minimum atomic E-state index is 0.0432. The van der Waals surface area contributed by atoms with Crippen molar-refractivity contribution in [2.24, 2.45) is 0 Å². The number of nitrogens with zero attached hydrogens (tertiary/aromatic N) is 1. The zero-order valence-electron chi connectivity index (χ0n) is 13.9. The SMILES string of the molecule is COc1c2c(cc3c1OCO3)C13CCN(C2)C1CC(OC)C1OC13. The Labute approximate surface area is 140 Å². The van der Waals surface area contributed by atoms with Crippen LogP contribution in [-0.2, 0) is 21.4 Å². The molecule has 6 atom stereocenters. The van der Waals surface area contributed by atoms with Crippen LogP contribution in [0.1, 0.15) is 24.0 Å². The molecule has 1 saturated carbocycles. The molecule has 0 amide bonds. The summed E-state index contributed by atoms with van der Waals surface area (Å²) < 4.78 is 29.0. The van der Waals surface area contributed by atoms with E-state index in [0.717, 1.165) is 43.2 Å². The summed E-state index contributed by atoms with van der Waals surface area (Å²) in [5.41, 5.74) is 2.65. The van der Waals surface area contributed by atoms with Crippen molar-refractivity contribution in [3.8, 4) is 17.2 Å². The van der Waals surface area contributed by atoms with Crippen molar-refractivity contribution in [2.75, 3.05) is 27.6 Å². The van der Waals surface area contributed by atoms with E-state index in [9.17, 15) is 0 Å². The zero-order valence-corrected chi connectivity index (χ0v) is 13.9. The van der Waals surface area contributed by atoms with E-state index in [0.29, 0.717) is 6.04 Å². The summed E-state index contributed by atoms with van der Waals surface area (Å²) in [7, 11) is 3.52. The highest BCUT2D eigenvalue weighted by Crippen LogP contribution is 2.63. The largest absolute Gasteiger partial charge is 0.492 e. The van der Waals surface area contributed by atoms with Crippen LogP contribution in [0, 0.1) is 0 Å². The van der Waals surface area contributed by atoms with Crippen molar-refractivity contribution in [2.45, 2.75) is 49.2 Å². The van der Waals surface area contributed by atoms with Crippen molar-refractivity contribution < 1.29 is 23.7 Å². The standard InChI is InChI=1S/C18H21NO5/c1-20-11-6-13-18(17-16(11)24-17)3-4-19(13)7-9-10(18)5-12-15(14(9)21-2)23-8-22-12/h5,11,13,16-17H,3-4,6-8H2,1-2H3. The highest BCUT2D eigenvalue weighted by molar-refractivity contribution is 5.64. The molecule has 1 aliphatic carbocycles. The van der Waals surface area contributed by atoms with Crippen LogP contribution < -0.4 is 14.2 Å². The normalized spacial score (nSPS) is 43.0. The number of methoxy groups -OCH3 is 2. The van der Waals surface area contributed by atoms with Crippen LogP contribution in [0.15, 0.2) is 6.07 Å². The van der Waals surface area contributed by atoms with Crippen molar-refractivity contribution in [1.82, 2.24) is 4.90 Å². The van der Waals surface area contributed by atoms with E-state index in [1.165, 1.54) is 11.1 Å². The lowest BCUT2D eigenvalue weighted by Gasteiger charge is -2.47. The van der Waals surface area contributed by atoms with E-state index in [4.69, 9.17) is 23.7 Å². The van der Waals surface area contributed by atoms with E-state index in [-0.39, 0.29) is 30.5 Å². The molecule has 0 radical (unpaired) electrons. The molecular formula is C18H21NO5. The van der Waals surface area contributed by atoms with Crippen LogP contribution in [0.2, 0.25) is 0 Å². The number of ether oxygens (including phenoxy) is 5. The Morgan fingerprint density at radius 3 is 3.04 bits per heavy atom. The second-order valence-corrected chi connectivity index (χ2v) is 7.48. The van der Waals surface area contributed by atoms with Crippen LogP contribution in [0.5, 0.6) is 17.2 Å². The minimum Gasteiger partial charge on any atom is -0.492 e. The number of hydrogen-bond donors (Lipinski definition) is 0. The number of hydrogen-bond acceptors (Lipinski definition) is 6. The lowest BCUT2D eigenvalue weighted by atomic mass is 9.62. The third-order valence-electron chi connectivity index (χ3n) is 6.80. The highest BCUT2D eigenvalue weighted by Gasteiger charge is 2.70. The zero-order chi connectivity index (χ0) is 16.1. The van der Waals surface area contributed by atoms with Crippen LogP contribution in [0.3, 0.4) is 0 Å². The Hall–Kier alpha value is -1.50. The van der Waals surface area contributed by atoms with Crippen molar-refractivity contribution in [3.05, 3.63) is 17.2 Å². The summed E-state index contributed by atoms with van der Waals surface area (Å²) in [6.07, 6.45) is 2.86. The summed E-state index contributed by atoms with van der Waals surface area (Å²) in [5, 5.41) is 0. The first-order chi connectivity index (χ1) is 11.8. The summed E-state index contributed by atoms with van der Waals surface area (Å²) in [4.78, 5) is 2.58. The van der Waals surface area contributed by atoms with Gasteiger partial charge in [-0.25, -0.2) is 0 Å². The van der Waals surface area contributed by atoms with Crippen LogP contribution >= 0.6 is 0 Å². The van der Waals surface area contributed by atoms with Gasteiger partial charge in [0.15, 0.2) is 11.5 Å². The maximum absolute atomic E-state index is 6.16. The van der Waals surface area contributed by atoms with Gasteiger partial charge in [0.1, 0.15) is 6.10 Å². The fourth-order valence-electron chi connectivity index (χ4n) is 5.77. The summed E-state index contributed by atoms with van der Waals surface area (Å²) >= 11 is 0. The Bertz CT molecular complexity index is 737. The van der Waals surface area contributed by atoms with Crippen LogP contribution in [0.25, 0.3) is 0 Å². The number of fused-ring (bicyclic) bond motifs is 3. The first-order valence-corrected chi connectivity index (χ1v) is 8.70. The second kappa shape index (κ2) is 4.36. The van der Waals surface area contributed by atoms with Gasteiger partial charge >= 0.3 is 0 Å². The lowest BCUT2D eigenvalue weighted by molar-refractivity contribution is 0.0248. The van der Waals surface area contributed by atoms with Crippen LogP contribution in [0.4, 0.5) is 0 Å². The Kier molecular flexibility index (Phi) is 2.50. The molecule has 24 heavy (non-hydrogen) atoms. The van der Waals surface area contributed by atoms with Gasteiger partial charge in [-0.3, -0.25) is 4.90 Å². The molecule has 1 aromatic rings. The molecule has 1 aromatic carbocycles. The van der Waals surface area contributed by atoms with Gasteiger partial charge in [0.2, 0.25) is 12.5 Å². The van der Waals surface area contributed by atoms with E-state index in [1.54, 1.807) is 14.2 Å². The van der Waals surface area contributed by atoms with Gasteiger partial charge in [0, 0.05) is 30.7 Å². The maximum Gasteiger partial charge on any atom is 0.231 e. The topological polar surface area (TPSA) is 52.7 Å². The average molecular weight is 331 g/mol. The molecule has 0 aromatic heterocycles. The van der Waals surface area contributed by atoms with Gasteiger partial charge in [-0.2, -0.15) is 0 Å². The summed E-state index contributed by atoms with van der Waals surface area (Å²) in [5.74, 6) is 2.41. The van der Waals surface area contributed by atoms with Gasteiger partial charge in [-0.1, -0.05) is 0 Å². The molecule has 2 bridgehead atoms.